The lowest BCUT2D eigenvalue weighted by Crippen LogP contribution is -2.45. The van der Waals surface area contributed by atoms with Crippen molar-refractivity contribution in [1.82, 2.24) is 9.21 Å². The maximum Gasteiger partial charge on any atom is 0.230 e. The Morgan fingerprint density at radius 2 is 1.48 bits per heavy atom. The van der Waals surface area contributed by atoms with E-state index < -0.39 is 19.9 Å². The minimum absolute atomic E-state index is 0.0519. The normalized spacial score (nSPS) is 18.6. The van der Waals surface area contributed by atoms with Gasteiger partial charge in [0.05, 0.1) is 11.2 Å². The second-order valence-corrected chi connectivity index (χ2v) is 15.6. The van der Waals surface area contributed by atoms with E-state index in [1.807, 2.05) is 29.2 Å². The highest BCUT2D eigenvalue weighted by molar-refractivity contribution is 7.90. The number of sulfonamides is 1. The van der Waals surface area contributed by atoms with Crippen molar-refractivity contribution in [2.75, 3.05) is 56.7 Å². The van der Waals surface area contributed by atoms with Crippen LogP contribution in [0.1, 0.15) is 37.7 Å². The number of hydrogen-bond donors (Lipinski definition) is 0. The number of amides is 1. The predicted molar refractivity (Wildman–Crippen MR) is 160 cm³/mol. The molecule has 2 aromatic rings. The third-order valence-corrected chi connectivity index (χ3v) is 10.8. The monoisotopic (exact) mass is 609 g/mol. The number of nitrogens with zero attached hydrogens (tertiary/aromatic N) is 3. The SMILES string of the molecule is CS(=O)(=O)c1ccc(CC2CCN(CCCN(C(=O)C3CCN(S(C)(=O)=O)CC3)c3ccc(Cl)cc3)CC2)cc1. The minimum Gasteiger partial charge on any atom is -0.312 e. The van der Waals surface area contributed by atoms with Crippen molar-refractivity contribution >= 4 is 43.1 Å². The summed E-state index contributed by atoms with van der Waals surface area (Å²) in [5, 5.41) is 0.617. The average Bonchev–Trinajstić information content (AvgIpc) is 2.92. The molecule has 2 fully saturated rings. The van der Waals surface area contributed by atoms with Gasteiger partial charge < -0.3 is 9.80 Å². The van der Waals surface area contributed by atoms with Gasteiger partial charge in [0.25, 0.3) is 0 Å². The number of likely N-dealkylation sites (tertiary alicyclic amines) is 1. The predicted octanol–water partition coefficient (Wildman–Crippen LogP) is 4.09. The van der Waals surface area contributed by atoms with Crippen LogP contribution < -0.4 is 4.90 Å². The smallest absolute Gasteiger partial charge is 0.230 e. The van der Waals surface area contributed by atoms with Crippen molar-refractivity contribution in [2.45, 2.75) is 43.4 Å². The summed E-state index contributed by atoms with van der Waals surface area (Å²) in [5.41, 5.74) is 1.99. The van der Waals surface area contributed by atoms with Gasteiger partial charge in [-0.1, -0.05) is 23.7 Å². The van der Waals surface area contributed by atoms with Gasteiger partial charge in [-0.3, -0.25) is 4.79 Å². The highest BCUT2D eigenvalue weighted by atomic mass is 35.5. The molecule has 0 atom stereocenters. The van der Waals surface area contributed by atoms with Gasteiger partial charge in [-0.15, -0.1) is 0 Å². The van der Waals surface area contributed by atoms with E-state index in [-0.39, 0.29) is 11.8 Å². The van der Waals surface area contributed by atoms with Crippen LogP contribution in [0.3, 0.4) is 0 Å². The summed E-state index contributed by atoms with van der Waals surface area (Å²) in [6.07, 6.45) is 7.48. The van der Waals surface area contributed by atoms with Gasteiger partial charge in [0.15, 0.2) is 9.84 Å². The molecule has 2 aromatic carbocycles. The van der Waals surface area contributed by atoms with Crippen LogP contribution in [0.15, 0.2) is 53.4 Å². The van der Waals surface area contributed by atoms with Crippen LogP contribution in [0, 0.1) is 11.8 Å². The molecule has 2 aliphatic heterocycles. The Morgan fingerprint density at radius 1 is 0.875 bits per heavy atom. The second-order valence-electron chi connectivity index (χ2n) is 11.2. The number of hydrogen-bond acceptors (Lipinski definition) is 6. The van der Waals surface area contributed by atoms with E-state index in [0.29, 0.717) is 48.3 Å². The molecule has 2 heterocycles. The maximum absolute atomic E-state index is 13.6. The fourth-order valence-corrected chi connectivity index (χ4v) is 7.35. The largest absolute Gasteiger partial charge is 0.312 e. The topological polar surface area (TPSA) is 95.1 Å². The molecule has 8 nitrogen and oxygen atoms in total. The second kappa shape index (κ2) is 13.3. The molecular formula is C29H40ClN3O5S2. The fraction of sp³-hybridized carbons (Fsp3) is 0.552. The fourth-order valence-electron chi connectivity index (χ4n) is 5.72. The third-order valence-electron chi connectivity index (χ3n) is 8.12. The van der Waals surface area contributed by atoms with Crippen LogP contribution in [0.2, 0.25) is 5.02 Å². The number of carbonyl (C=O) groups is 1. The van der Waals surface area contributed by atoms with Gasteiger partial charge in [0, 0.05) is 42.5 Å². The van der Waals surface area contributed by atoms with Crippen LogP contribution in [-0.4, -0.2) is 83.7 Å². The number of carbonyl (C=O) groups excluding carboxylic acids is 1. The summed E-state index contributed by atoms with van der Waals surface area (Å²) in [5.74, 6) is 0.428. The molecule has 0 unspecified atom stereocenters. The quantitative estimate of drug-likeness (QED) is 0.403. The molecule has 2 saturated heterocycles. The molecule has 1 amide bonds. The first-order chi connectivity index (χ1) is 18.9. The van der Waals surface area contributed by atoms with Gasteiger partial charge in [-0.25, -0.2) is 21.1 Å². The Labute approximate surface area is 244 Å². The van der Waals surface area contributed by atoms with Crippen LogP contribution in [0.5, 0.6) is 0 Å². The van der Waals surface area contributed by atoms with Gasteiger partial charge in [-0.2, -0.15) is 0 Å². The number of sulfone groups is 1. The molecule has 2 aliphatic rings. The van der Waals surface area contributed by atoms with Crippen LogP contribution in [-0.2, 0) is 31.1 Å². The van der Waals surface area contributed by atoms with E-state index in [9.17, 15) is 21.6 Å². The first-order valence-corrected chi connectivity index (χ1v) is 18.1. The standard InChI is InChI=1S/C29H40ClN3O5S2/c1-39(35,36)28-10-4-23(5-11-28)22-24-12-18-31(19-13-24)16-3-17-33(27-8-6-26(30)7-9-27)29(34)25-14-20-32(21-15-25)40(2,37)38/h4-11,24-25H,3,12-22H2,1-2H3. The molecule has 11 heteroatoms. The zero-order valence-corrected chi connectivity index (χ0v) is 25.7. The van der Waals surface area contributed by atoms with Gasteiger partial charge in [0.2, 0.25) is 15.9 Å². The summed E-state index contributed by atoms with van der Waals surface area (Å²) in [4.78, 5) is 18.3. The van der Waals surface area contributed by atoms with Gasteiger partial charge >= 0.3 is 0 Å². The molecule has 0 bridgehead atoms. The lowest BCUT2D eigenvalue weighted by Gasteiger charge is -2.34. The van der Waals surface area contributed by atoms with Crippen LogP contribution in [0.4, 0.5) is 5.69 Å². The van der Waals surface area contributed by atoms with E-state index >= 15 is 0 Å². The van der Waals surface area contributed by atoms with Crippen molar-refractivity contribution in [2.24, 2.45) is 11.8 Å². The molecule has 0 radical (unpaired) electrons. The first kappa shape index (κ1) is 31.0. The molecule has 0 aliphatic carbocycles. The molecule has 40 heavy (non-hydrogen) atoms. The van der Waals surface area contributed by atoms with Gasteiger partial charge in [0.1, 0.15) is 0 Å². The first-order valence-electron chi connectivity index (χ1n) is 13.9. The third kappa shape index (κ3) is 8.52. The van der Waals surface area contributed by atoms with E-state index in [1.165, 1.54) is 22.4 Å². The molecule has 0 aromatic heterocycles. The van der Waals surface area contributed by atoms with Crippen molar-refractivity contribution in [3.8, 4) is 0 Å². The maximum atomic E-state index is 13.6. The number of piperidine rings is 2. The summed E-state index contributed by atoms with van der Waals surface area (Å²) < 4.78 is 48.6. The summed E-state index contributed by atoms with van der Waals surface area (Å²) in [6.45, 7) is 4.26. The number of rotatable bonds is 10. The van der Waals surface area contributed by atoms with Crippen molar-refractivity contribution < 1.29 is 21.6 Å². The number of anilines is 1. The van der Waals surface area contributed by atoms with E-state index in [1.54, 1.807) is 24.3 Å². The summed E-state index contributed by atoms with van der Waals surface area (Å²) in [6, 6.07) is 14.6. The number of halogens is 1. The minimum atomic E-state index is -3.24. The zero-order chi connectivity index (χ0) is 28.9. The van der Waals surface area contributed by atoms with E-state index in [2.05, 4.69) is 4.90 Å². The van der Waals surface area contributed by atoms with Crippen molar-refractivity contribution in [3.05, 3.63) is 59.1 Å². The van der Waals surface area contributed by atoms with Gasteiger partial charge in [-0.05, 0) is 106 Å². The average molecular weight is 610 g/mol. The lowest BCUT2D eigenvalue weighted by molar-refractivity contribution is -0.123. The Bertz CT molecular complexity index is 1350. The Balaban J connectivity index is 1.28. The van der Waals surface area contributed by atoms with E-state index in [0.717, 1.165) is 51.0 Å². The van der Waals surface area contributed by atoms with Crippen molar-refractivity contribution in [1.29, 1.82) is 0 Å². The van der Waals surface area contributed by atoms with Crippen LogP contribution >= 0.6 is 11.6 Å². The summed E-state index contributed by atoms with van der Waals surface area (Å²) in [7, 11) is -6.42. The van der Waals surface area contributed by atoms with Crippen molar-refractivity contribution in [3.63, 3.8) is 0 Å². The van der Waals surface area contributed by atoms with Crippen LogP contribution in [0.25, 0.3) is 0 Å². The molecule has 0 N–H and O–H groups in total. The Kier molecular flexibility index (Phi) is 10.3. The highest BCUT2D eigenvalue weighted by Crippen LogP contribution is 2.27. The molecular weight excluding hydrogens is 570 g/mol. The highest BCUT2D eigenvalue weighted by Gasteiger charge is 2.32. The Hall–Kier alpha value is -1.98. The summed E-state index contributed by atoms with van der Waals surface area (Å²) >= 11 is 6.10. The molecule has 0 spiro atoms. The number of benzene rings is 2. The molecule has 0 saturated carbocycles. The molecule has 4 rings (SSSR count). The van der Waals surface area contributed by atoms with E-state index in [4.69, 9.17) is 11.6 Å². The molecule has 220 valence electrons. The zero-order valence-electron chi connectivity index (χ0n) is 23.3. The Morgan fingerprint density at radius 3 is 2.02 bits per heavy atom. The lowest BCUT2D eigenvalue weighted by atomic mass is 9.90.